The Labute approximate surface area is 161 Å². The van der Waals surface area contributed by atoms with Gasteiger partial charge in [0.1, 0.15) is 0 Å². The molecule has 142 valence electrons. The van der Waals surface area contributed by atoms with E-state index in [1.165, 1.54) is 0 Å². The van der Waals surface area contributed by atoms with E-state index in [2.05, 4.69) is 16.6 Å². The summed E-state index contributed by atoms with van der Waals surface area (Å²) in [6.07, 6.45) is 23.4. The quantitative estimate of drug-likeness (QED) is 0.398. The summed E-state index contributed by atoms with van der Waals surface area (Å²) in [5.74, 6) is 2.67. The molecule has 5 heteroatoms. The van der Waals surface area contributed by atoms with Gasteiger partial charge in [0.15, 0.2) is 0 Å². The molecule has 27 heavy (non-hydrogen) atoms. The topological polar surface area (TPSA) is 63.1 Å². The molecular weight excluding hydrogens is 338 g/mol. The molecule has 1 atom stereocenters. The largest absolute Gasteiger partial charge is 0.350 e. The molecule has 0 spiro atoms. The Hall–Kier alpha value is -3.26. The van der Waals surface area contributed by atoms with E-state index >= 15 is 0 Å². The molecule has 0 aliphatic heterocycles. The summed E-state index contributed by atoms with van der Waals surface area (Å²) in [6.45, 7) is 3.90. The molecule has 1 rings (SSSR count). The van der Waals surface area contributed by atoms with Crippen LogP contribution in [-0.2, 0) is 11.8 Å². The van der Waals surface area contributed by atoms with Gasteiger partial charge in [-0.15, -0.1) is 6.42 Å². The fourth-order valence-electron chi connectivity index (χ4n) is 2.36. The number of allylic oxidation sites excluding steroid dienone is 5. The zero-order valence-corrected chi connectivity index (χ0v) is 16.1. The predicted octanol–water partition coefficient (Wildman–Crippen LogP) is 3.70. The van der Waals surface area contributed by atoms with E-state index in [-0.39, 0.29) is 6.04 Å². The molecule has 0 radical (unpaired) electrons. The number of hydrogen-bond donors (Lipinski definition) is 2. The molecule has 0 aliphatic carbocycles. The van der Waals surface area contributed by atoms with E-state index in [4.69, 9.17) is 6.42 Å². The van der Waals surface area contributed by atoms with Gasteiger partial charge in [-0.05, 0) is 37.5 Å². The predicted molar refractivity (Wildman–Crippen MR) is 111 cm³/mol. The van der Waals surface area contributed by atoms with Crippen molar-refractivity contribution in [3.63, 3.8) is 0 Å². The molecular formula is C22H27N3O2. The van der Waals surface area contributed by atoms with E-state index in [9.17, 15) is 9.59 Å². The number of carbonyl (C=O) groups is 2. The average Bonchev–Trinajstić information content (AvgIpc) is 3.00. The first kappa shape index (κ1) is 21.8. The number of aryl methyl sites for hydroxylation is 1. The molecule has 1 aromatic rings. The maximum atomic E-state index is 11.5. The van der Waals surface area contributed by atoms with Gasteiger partial charge in [0.05, 0.1) is 11.7 Å². The van der Waals surface area contributed by atoms with Gasteiger partial charge in [0.25, 0.3) is 0 Å². The van der Waals surface area contributed by atoms with Gasteiger partial charge in [-0.25, -0.2) is 4.79 Å². The highest BCUT2D eigenvalue weighted by Crippen LogP contribution is 2.11. The number of imide groups is 1. The van der Waals surface area contributed by atoms with E-state index in [0.29, 0.717) is 6.41 Å². The Morgan fingerprint density at radius 3 is 2.81 bits per heavy atom. The summed E-state index contributed by atoms with van der Waals surface area (Å²) in [6, 6.07) is 1.17. The Bertz CT molecular complexity index is 789. The highest BCUT2D eigenvalue weighted by Gasteiger charge is 2.08. The Morgan fingerprint density at radius 2 is 2.15 bits per heavy atom. The van der Waals surface area contributed by atoms with Crippen LogP contribution in [0.3, 0.4) is 0 Å². The second kappa shape index (κ2) is 12.2. The Morgan fingerprint density at radius 1 is 1.37 bits per heavy atom. The highest BCUT2D eigenvalue weighted by molar-refractivity contribution is 5.84. The SMILES string of the molecule is C#Cc1ccn(C)c1/C=C\C/C=C/C=C(\C=C/CC)C(C)NC(=O)NC=O. The summed E-state index contributed by atoms with van der Waals surface area (Å²) in [5.41, 5.74) is 2.82. The van der Waals surface area contributed by atoms with Gasteiger partial charge in [-0.2, -0.15) is 0 Å². The van der Waals surface area contributed by atoms with E-state index in [0.717, 1.165) is 29.7 Å². The summed E-state index contributed by atoms with van der Waals surface area (Å²) < 4.78 is 1.99. The first-order valence-corrected chi connectivity index (χ1v) is 8.85. The van der Waals surface area contributed by atoms with Crippen LogP contribution >= 0.6 is 0 Å². The molecule has 3 amide bonds. The van der Waals surface area contributed by atoms with Crippen molar-refractivity contribution in [3.8, 4) is 12.3 Å². The van der Waals surface area contributed by atoms with Crippen molar-refractivity contribution < 1.29 is 9.59 Å². The monoisotopic (exact) mass is 365 g/mol. The van der Waals surface area contributed by atoms with Crippen LogP contribution in [0, 0.1) is 12.3 Å². The lowest BCUT2D eigenvalue weighted by atomic mass is 10.1. The summed E-state index contributed by atoms with van der Waals surface area (Å²) in [5, 5.41) is 4.78. The number of nitrogens with one attached hydrogen (secondary N) is 2. The van der Waals surface area contributed by atoms with Gasteiger partial charge < -0.3 is 9.88 Å². The van der Waals surface area contributed by atoms with Crippen molar-refractivity contribution in [2.45, 2.75) is 32.7 Å². The fraction of sp³-hybridized carbons (Fsp3) is 0.273. The first-order valence-electron chi connectivity index (χ1n) is 8.85. The maximum absolute atomic E-state index is 11.5. The number of aromatic nitrogens is 1. The average molecular weight is 365 g/mol. The smallest absolute Gasteiger partial charge is 0.321 e. The molecule has 0 fully saturated rings. The van der Waals surface area contributed by atoms with Crippen LogP contribution in [0.1, 0.15) is 37.9 Å². The number of rotatable bonds is 9. The van der Waals surface area contributed by atoms with Gasteiger partial charge >= 0.3 is 6.03 Å². The Balaban J connectivity index is 2.72. The van der Waals surface area contributed by atoms with Crippen LogP contribution in [0.5, 0.6) is 0 Å². The number of carbonyl (C=O) groups excluding carboxylic acids is 2. The summed E-state index contributed by atoms with van der Waals surface area (Å²) in [7, 11) is 1.96. The van der Waals surface area contributed by atoms with Crippen molar-refractivity contribution in [2.24, 2.45) is 7.05 Å². The Kier molecular flexibility index (Phi) is 9.80. The second-order valence-corrected chi connectivity index (χ2v) is 5.87. The third kappa shape index (κ3) is 7.66. The van der Waals surface area contributed by atoms with Crippen LogP contribution in [0.2, 0.25) is 0 Å². The van der Waals surface area contributed by atoms with Crippen molar-refractivity contribution >= 4 is 18.5 Å². The summed E-state index contributed by atoms with van der Waals surface area (Å²) >= 11 is 0. The van der Waals surface area contributed by atoms with Crippen molar-refractivity contribution in [2.75, 3.05) is 0 Å². The fourth-order valence-corrected chi connectivity index (χ4v) is 2.36. The lowest BCUT2D eigenvalue weighted by molar-refractivity contribution is -0.108. The molecule has 0 bridgehead atoms. The normalized spacial score (nSPS) is 13.2. The third-order valence-electron chi connectivity index (χ3n) is 3.83. The van der Waals surface area contributed by atoms with Gasteiger partial charge in [0, 0.05) is 18.8 Å². The number of terminal acetylenes is 1. The second-order valence-electron chi connectivity index (χ2n) is 5.87. The minimum absolute atomic E-state index is 0.227. The molecule has 0 aliphatic rings. The van der Waals surface area contributed by atoms with E-state index in [1.807, 2.05) is 80.3 Å². The highest BCUT2D eigenvalue weighted by atomic mass is 16.2. The van der Waals surface area contributed by atoms with Crippen LogP contribution < -0.4 is 10.6 Å². The number of amides is 3. The zero-order chi connectivity index (χ0) is 20.1. The molecule has 0 aromatic carbocycles. The third-order valence-corrected chi connectivity index (χ3v) is 3.83. The van der Waals surface area contributed by atoms with Crippen LogP contribution in [0.4, 0.5) is 4.79 Å². The first-order chi connectivity index (χ1) is 13.0. The molecule has 1 aromatic heterocycles. The van der Waals surface area contributed by atoms with Crippen molar-refractivity contribution in [1.82, 2.24) is 15.2 Å². The van der Waals surface area contributed by atoms with Gasteiger partial charge in [-0.3, -0.25) is 10.1 Å². The summed E-state index contributed by atoms with van der Waals surface area (Å²) in [4.78, 5) is 21.8. The van der Waals surface area contributed by atoms with Crippen LogP contribution in [-0.4, -0.2) is 23.1 Å². The molecule has 0 saturated heterocycles. The van der Waals surface area contributed by atoms with Crippen molar-refractivity contribution in [3.05, 3.63) is 65.5 Å². The molecule has 0 saturated carbocycles. The lowest BCUT2D eigenvalue weighted by Gasteiger charge is -2.14. The molecule has 2 N–H and O–H groups in total. The van der Waals surface area contributed by atoms with Gasteiger partial charge in [-0.1, -0.05) is 49.3 Å². The minimum atomic E-state index is -0.521. The minimum Gasteiger partial charge on any atom is -0.350 e. The number of nitrogens with zero attached hydrogens (tertiary/aromatic N) is 1. The van der Waals surface area contributed by atoms with Crippen molar-refractivity contribution in [1.29, 1.82) is 0 Å². The zero-order valence-electron chi connectivity index (χ0n) is 16.1. The standard InChI is InChI=1S/C22H27N3O2/c1-5-7-12-20(18(3)24-22(27)23-17-26)13-10-8-9-11-14-21-19(6-2)15-16-25(21)4/h2,7-8,10-18H,5,9H2,1,3-4H3,(H2,23,24,26,27)/b10-8+,12-7-,14-11-,20-13+. The van der Waals surface area contributed by atoms with E-state index in [1.54, 1.807) is 0 Å². The van der Waals surface area contributed by atoms with E-state index < -0.39 is 6.03 Å². The maximum Gasteiger partial charge on any atom is 0.321 e. The number of urea groups is 1. The molecule has 1 unspecified atom stereocenters. The molecule has 5 nitrogen and oxygen atoms in total. The van der Waals surface area contributed by atoms with Crippen LogP contribution in [0.15, 0.2) is 54.3 Å². The molecule has 1 heterocycles. The lowest BCUT2D eigenvalue weighted by Crippen LogP contribution is -2.40. The van der Waals surface area contributed by atoms with Gasteiger partial charge in [0.2, 0.25) is 6.41 Å². The number of hydrogen-bond acceptors (Lipinski definition) is 2. The van der Waals surface area contributed by atoms with Crippen LogP contribution in [0.25, 0.3) is 6.08 Å².